The zero-order chi connectivity index (χ0) is 18.3. The Morgan fingerprint density at radius 1 is 1.04 bits per heavy atom. The average molecular weight is 351 g/mol. The summed E-state index contributed by atoms with van der Waals surface area (Å²) in [5, 5.41) is 2.60. The summed E-state index contributed by atoms with van der Waals surface area (Å²) in [5.74, 6) is 0.192. The maximum Gasteiger partial charge on any atom is 0.274 e. The van der Waals surface area contributed by atoms with Crippen LogP contribution in [0.15, 0.2) is 47.3 Å². The standard InChI is InChI=1S/C20H21N3O3/c1-13(24)21-17-7-8-18-16-9-14(11-23(18)20(17)26)10-22(12-16)19(25)15-5-3-2-4-6-15/h2-8,14,16H,9-12H2,1H3,(H,21,24). The number of nitrogens with one attached hydrogen (secondary N) is 1. The number of amides is 2. The zero-order valence-electron chi connectivity index (χ0n) is 14.6. The minimum atomic E-state index is -0.252. The van der Waals surface area contributed by atoms with Crippen molar-refractivity contribution in [3.05, 3.63) is 64.1 Å². The number of piperidine rings is 1. The van der Waals surface area contributed by atoms with Crippen molar-refractivity contribution in [3.63, 3.8) is 0 Å². The second kappa shape index (κ2) is 6.44. The number of nitrogens with zero attached hydrogens (tertiary/aromatic N) is 2. The van der Waals surface area contributed by atoms with E-state index in [4.69, 9.17) is 0 Å². The molecule has 1 aromatic carbocycles. The van der Waals surface area contributed by atoms with Gasteiger partial charge in [-0.1, -0.05) is 18.2 Å². The van der Waals surface area contributed by atoms with Gasteiger partial charge in [-0.25, -0.2) is 0 Å². The number of hydrogen-bond donors (Lipinski definition) is 1. The van der Waals surface area contributed by atoms with Crippen molar-refractivity contribution in [1.82, 2.24) is 9.47 Å². The number of aromatic nitrogens is 1. The molecule has 2 unspecified atom stereocenters. The molecule has 2 atom stereocenters. The third kappa shape index (κ3) is 2.92. The van der Waals surface area contributed by atoms with E-state index < -0.39 is 0 Å². The van der Waals surface area contributed by atoms with Crippen molar-refractivity contribution >= 4 is 17.5 Å². The lowest BCUT2D eigenvalue weighted by Crippen LogP contribution is -2.49. The summed E-state index contributed by atoms with van der Waals surface area (Å²) in [5.41, 5.74) is 1.81. The van der Waals surface area contributed by atoms with Crippen LogP contribution in [-0.2, 0) is 11.3 Å². The third-order valence-corrected chi connectivity index (χ3v) is 5.22. The Kier molecular flexibility index (Phi) is 4.11. The Labute approximate surface area is 151 Å². The van der Waals surface area contributed by atoms with Crippen molar-refractivity contribution in [3.8, 4) is 0 Å². The van der Waals surface area contributed by atoms with Crippen LogP contribution in [0, 0.1) is 5.92 Å². The molecule has 1 N–H and O–H groups in total. The molecule has 4 rings (SSSR count). The van der Waals surface area contributed by atoms with Crippen LogP contribution in [0.2, 0.25) is 0 Å². The fraction of sp³-hybridized carbons (Fsp3) is 0.350. The number of likely N-dealkylation sites (tertiary alicyclic amines) is 1. The first kappa shape index (κ1) is 16.6. The number of carbonyl (C=O) groups excluding carboxylic acids is 2. The van der Waals surface area contributed by atoms with Gasteiger partial charge in [0.1, 0.15) is 5.69 Å². The molecular weight excluding hydrogens is 330 g/mol. The summed E-state index contributed by atoms with van der Waals surface area (Å²) >= 11 is 0. The Morgan fingerprint density at radius 2 is 1.81 bits per heavy atom. The largest absolute Gasteiger partial charge is 0.338 e. The smallest absolute Gasteiger partial charge is 0.274 e. The van der Waals surface area contributed by atoms with Gasteiger partial charge in [0.05, 0.1) is 0 Å². The van der Waals surface area contributed by atoms with Gasteiger partial charge in [0.15, 0.2) is 0 Å². The Hall–Kier alpha value is -2.89. The van der Waals surface area contributed by atoms with Crippen LogP contribution in [0.3, 0.4) is 0 Å². The third-order valence-electron chi connectivity index (χ3n) is 5.22. The summed E-state index contributed by atoms with van der Waals surface area (Å²) in [6.45, 7) is 3.24. The maximum atomic E-state index is 12.8. The van der Waals surface area contributed by atoms with Crippen molar-refractivity contribution < 1.29 is 9.59 Å². The van der Waals surface area contributed by atoms with Gasteiger partial charge in [-0.15, -0.1) is 0 Å². The molecule has 26 heavy (non-hydrogen) atoms. The van der Waals surface area contributed by atoms with Gasteiger partial charge in [-0.2, -0.15) is 0 Å². The lowest BCUT2D eigenvalue weighted by Gasteiger charge is -2.43. The van der Waals surface area contributed by atoms with Gasteiger partial charge < -0.3 is 14.8 Å². The number of fused-ring (bicyclic) bond motifs is 4. The van der Waals surface area contributed by atoms with E-state index >= 15 is 0 Å². The highest BCUT2D eigenvalue weighted by Crippen LogP contribution is 2.35. The topological polar surface area (TPSA) is 71.4 Å². The molecule has 134 valence electrons. The highest BCUT2D eigenvalue weighted by molar-refractivity contribution is 5.94. The predicted molar refractivity (Wildman–Crippen MR) is 98.2 cm³/mol. The molecule has 0 radical (unpaired) electrons. The average Bonchev–Trinajstić information content (AvgIpc) is 2.64. The SMILES string of the molecule is CC(=O)Nc1ccc2n(c1=O)CC1CC2CN(C(=O)c2ccccc2)C1. The van der Waals surface area contributed by atoms with E-state index in [9.17, 15) is 14.4 Å². The molecule has 2 bridgehead atoms. The maximum absolute atomic E-state index is 12.8. The molecule has 0 aliphatic carbocycles. The summed E-state index contributed by atoms with van der Waals surface area (Å²) in [6.07, 6.45) is 0.984. The number of rotatable bonds is 2. The monoisotopic (exact) mass is 351 g/mol. The van der Waals surface area contributed by atoms with Crippen LogP contribution in [-0.4, -0.2) is 34.4 Å². The molecule has 3 heterocycles. The number of carbonyl (C=O) groups is 2. The summed E-state index contributed by atoms with van der Waals surface area (Å²) in [6, 6.07) is 12.9. The number of pyridine rings is 1. The fourth-order valence-corrected chi connectivity index (χ4v) is 4.16. The van der Waals surface area contributed by atoms with Gasteiger partial charge in [0, 0.05) is 43.7 Å². The highest BCUT2D eigenvalue weighted by Gasteiger charge is 2.36. The Bertz CT molecular complexity index is 920. The van der Waals surface area contributed by atoms with E-state index in [1.165, 1.54) is 6.92 Å². The van der Waals surface area contributed by atoms with Gasteiger partial charge in [-0.3, -0.25) is 14.4 Å². The van der Waals surface area contributed by atoms with E-state index in [1.54, 1.807) is 10.6 Å². The Morgan fingerprint density at radius 3 is 2.54 bits per heavy atom. The second-order valence-electron chi connectivity index (χ2n) is 7.14. The molecule has 1 saturated heterocycles. The molecular formula is C20H21N3O3. The van der Waals surface area contributed by atoms with Crippen LogP contribution in [0.1, 0.15) is 35.3 Å². The molecule has 0 spiro atoms. The van der Waals surface area contributed by atoms with E-state index in [-0.39, 0.29) is 29.2 Å². The molecule has 1 aromatic heterocycles. The van der Waals surface area contributed by atoms with E-state index in [0.29, 0.717) is 30.9 Å². The van der Waals surface area contributed by atoms with Crippen molar-refractivity contribution in [1.29, 1.82) is 0 Å². The van der Waals surface area contributed by atoms with E-state index in [1.807, 2.05) is 41.3 Å². The molecule has 2 aliphatic heterocycles. The normalized spacial score (nSPS) is 21.0. The number of hydrogen-bond acceptors (Lipinski definition) is 3. The summed E-state index contributed by atoms with van der Waals surface area (Å²) < 4.78 is 1.77. The first-order valence-corrected chi connectivity index (χ1v) is 8.88. The van der Waals surface area contributed by atoms with Crippen LogP contribution >= 0.6 is 0 Å². The van der Waals surface area contributed by atoms with Gasteiger partial charge in [0.2, 0.25) is 5.91 Å². The summed E-state index contributed by atoms with van der Waals surface area (Å²) in [4.78, 5) is 38.7. The molecule has 2 amide bonds. The van der Waals surface area contributed by atoms with Crippen LogP contribution < -0.4 is 10.9 Å². The van der Waals surface area contributed by atoms with Crippen molar-refractivity contribution in [2.45, 2.75) is 25.8 Å². The molecule has 1 fully saturated rings. The first-order chi connectivity index (χ1) is 12.5. The first-order valence-electron chi connectivity index (χ1n) is 8.88. The zero-order valence-corrected chi connectivity index (χ0v) is 14.6. The molecule has 6 nitrogen and oxygen atoms in total. The van der Waals surface area contributed by atoms with E-state index in [2.05, 4.69) is 5.32 Å². The second-order valence-corrected chi connectivity index (χ2v) is 7.14. The predicted octanol–water partition coefficient (Wildman–Crippen LogP) is 2.07. The lowest BCUT2D eigenvalue weighted by molar-refractivity contribution is -0.114. The number of benzene rings is 1. The van der Waals surface area contributed by atoms with Crippen LogP contribution in [0.25, 0.3) is 0 Å². The van der Waals surface area contributed by atoms with Crippen molar-refractivity contribution in [2.75, 3.05) is 18.4 Å². The van der Waals surface area contributed by atoms with Gasteiger partial charge >= 0.3 is 0 Å². The molecule has 6 heteroatoms. The quantitative estimate of drug-likeness (QED) is 0.900. The van der Waals surface area contributed by atoms with E-state index in [0.717, 1.165) is 12.1 Å². The molecule has 2 aliphatic rings. The summed E-state index contributed by atoms with van der Waals surface area (Å²) in [7, 11) is 0. The lowest BCUT2D eigenvalue weighted by atomic mass is 9.83. The number of anilines is 1. The Balaban J connectivity index is 1.62. The molecule has 0 saturated carbocycles. The highest BCUT2D eigenvalue weighted by atomic mass is 16.2. The fourth-order valence-electron chi connectivity index (χ4n) is 4.16. The van der Waals surface area contributed by atoms with Crippen LogP contribution in [0.4, 0.5) is 5.69 Å². The van der Waals surface area contributed by atoms with Gasteiger partial charge in [0.25, 0.3) is 11.5 Å². The minimum absolute atomic E-state index is 0.0472. The molecule has 2 aromatic rings. The van der Waals surface area contributed by atoms with Gasteiger partial charge in [-0.05, 0) is 36.6 Å². The van der Waals surface area contributed by atoms with Crippen LogP contribution in [0.5, 0.6) is 0 Å². The minimum Gasteiger partial charge on any atom is -0.338 e. The van der Waals surface area contributed by atoms with Crippen molar-refractivity contribution in [2.24, 2.45) is 5.92 Å².